The van der Waals surface area contributed by atoms with E-state index in [1.54, 1.807) is 0 Å². The summed E-state index contributed by atoms with van der Waals surface area (Å²) in [6.07, 6.45) is 2.32. The Morgan fingerprint density at radius 3 is 2.50 bits per heavy atom. The van der Waals surface area contributed by atoms with Gasteiger partial charge in [0, 0.05) is 0 Å². The quantitative estimate of drug-likeness (QED) is 0.799. The summed E-state index contributed by atoms with van der Waals surface area (Å²) in [5.74, 6) is 1.06. The lowest BCUT2D eigenvalue weighted by Gasteiger charge is -2.27. The third-order valence-corrected chi connectivity index (χ3v) is 4.56. The molecule has 1 unspecified atom stereocenters. The zero-order valence-corrected chi connectivity index (χ0v) is 15.1. The number of para-hydroxylation sites is 1. The van der Waals surface area contributed by atoms with Crippen molar-refractivity contribution in [3.05, 3.63) is 82.9 Å². The molecule has 0 aliphatic carbocycles. The van der Waals surface area contributed by atoms with Gasteiger partial charge in [-0.2, -0.15) is 0 Å². The second kappa shape index (κ2) is 7.81. The molecule has 1 atom stereocenters. The summed E-state index contributed by atoms with van der Waals surface area (Å²) in [4.78, 5) is 0. The lowest BCUT2D eigenvalue weighted by atomic mass is 9.71. The summed E-state index contributed by atoms with van der Waals surface area (Å²) >= 11 is 0. The number of benzene rings is 2. The third kappa shape index (κ3) is 4.01. The molecule has 0 spiro atoms. The van der Waals surface area contributed by atoms with Crippen molar-refractivity contribution in [2.24, 2.45) is 0 Å². The van der Waals surface area contributed by atoms with E-state index in [1.165, 1.54) is 0 Å². The molecule has 1 aliphatic heterocycles. The first-order chi connectivity index (χ1) is 12.5. The van der Waals surface area contributed by atoms with Gasteiger partial charge in [-0.05, 0) is 72.3 Å². The number of aromatic hydroxyl groups is 1. The molecule has 5 heteroatoms. The first kappa shape index (κ1) is 18.3. The van der Waals surface area contributed by atoms with Crippen LogP contribution in [0.5, 0.6) is 11.5 Å². The Morgan fingerprint density at radius 2 is 1.88 bits per heavy atom. The lowest BCUT2D eigenvalue weighted by molar-refractivity contribution is 0.167. The number of aryl methyl sites for hydroxylation is 2. The number of hydrogen-bond acceptors (Lipinski definition) is 4. The molecule has 26 heavy (non-hydrogen) atoms. The van der Waals surface area contributed by atoms with Crippen LogP contribution in [-0.2, 0) is 4.65 Å². The Labute approximate surface area is 154 Å². The van der Waals surface area contributed by atoms with Crippen LogP contribution in [0.15, 0.2) is 66.2 Å². The van der Waals surface area contributed by atoms with Crippen molar-refractivity contribution in [2.75, 3.05) is 6.61 Å². The Bertz CT molecular complexity index is 806. The number of phenols is 1. The minimum Gasteiger partial charge on any atom is -0.507 e. The number of phenolic OH excluding ortho intramolecular Hbond substituents is 1. The minimum absolute atomic E-state index is 0.255. The van der Waals surface area contributed by atoms with Gasteiger partial charge >= 0.3 is 7.12 Å². The normalized spacial score (nSPS) is 17.0. The summed E-state index contributed by atoms with van der Waals surface area (Å²) in [7, 11) is -1.05. The molecule has 0 amide bonds. The van der Waals surface area contributed by atoms with E-state index in [9.17, 15) is 10.1 Å². The van der Waals surface area contributed by atoms with Gasteiger partial charge in [-0.15, -0.1) is 0 Å². The van der Waals surface area contributed by atoms with E-state index in [0.29, 0.717) is 29.8 Å². The molecule has 0 saturated heterocycles. The number of hydrogen-bond donors (Lipinski definition) is 2. The van der Waals surface area contributed by atoms with Crippen LogP contribution < -0.4 is 4.74 Å². The summed E-state index contributed by atoms with van der Waals surface area (Å²) in [6.45, 7) is 8.02. The molecule has 0 aromatic heterocycles. The lowest BCUT2D eigenvalue weighted by Crippen LogP contribution is -2.30. The van der Waals surface area contributed by atoms with Gasteiger partial charge in [0.15, 0.2) is 0 Å². The molecule has 2 aromatic rings. The van der Waals surface area contributed by atoms with Crippen LogP contribution in [0.25, 0.3) is 0 Å². The molecule has 2 aromatic carbocycles. The molecule has 1 heterocycles. The van der Waals surface area contributed by atoms with E-state index >= 15 is 0 Å². The maximum Gasteiger partial charge on any atom is 0.491 e. The van der Waals surface area contributed by atoms with Crippen LogP contribution in [0.3, 0.4) is 0 Å². The summed E-state index contributed by atoms with van der Waals surface area (Å²) in [5.41, 5.74) is 3.89. The summed E-state index contributed by atoms with van der Waals surface area (Å²) in [6, 6.07) is 13.3. The van der Waals surface area contributed by atoms with E-state index in [-0.39, 0.29) is 6.10 Å². The maximum atomic E-state index is 10.4. The largest absolute Gasteiger partial charge is 0.507 e. The van der Waals surface area contributed by atoms with Crippen LogP contribution in [-0.4, -0.2) is 23.9 Å². The van der Waals surface area contributed by atoms with Crippen molar-refractivity contribution in [1.82, 2.24) is 0 Å². The van der Waals surface area contributed by atoms with Crippen molar-refractivity contribution in [3.8, 4) is 11.5 Å². The van der Waals surface area contributed by atoms with Crippen molar-refractivity contribution >= 4 is 7.12 Å². The van der Waals surface area contributed by atoms with Crippen LogP contribution >= 0.6 is 0 Å². The van der Waals surface area contributed by atoms with Gasteiger partial charge in [0.2, 0.25) is 0 Å². The Morgan fingerprint density at radius 1 is 1.23 bits per heavy atom. The van der Waals surface area contributed by atoms with Crippen LogP contribution in [0.4, 0.5) is 0 Å². The van der Waals surface area contributed by atoms with Crippen LogP contribution in [0.1, 0.15) is 29.2 Å². The van der Waals surface area contributed by atoms with E-state index in [4.69, 9.17) is 9.39 Å². The van der Waals surface area contributed by atoms with E-state index in [2.05, 4.69) is 6.58 Å². The minimum atomic E-state index is -1.05. The van der Waals surface area contributed by atoms with E-state index in [1.807, 2.05) is 62.4 Å². The van der Waals surface area contributed by atoms with Gasteiger partial charge in [0.05, 0.1) is 6.10 Å². The van der Waals surface area contributed by atoms with Crippen molar-refractivity contribution in [3.63, 3.8) is 0 Å². The number of ether oxygens (including phenoxy) is 1. The molecule has 134 valence electrons. The average molecular weight is 350 g/mol. The first-order valence-corrected chi connectivity index (χ1v) is 8.65. The highest BCUT2D eigenvalue weighted by molar-refractivity contribution is 6.54. The molecule has 0 saturated carbocycles. The highest BCUT2D eigenvalue weighted by Crippen LogP contribution is 2.34. The molecule has 4 nitrogen and oxygen atoms in total. The predicted molar refractivity (Wildman–Crippen MR) is 103 cm³/mol. The fraction of sp³-hybridized carbons (Fsp3) is 0.238. The standard InChI is InChI=1S/C21H23BO4/c1-14-11-17(12-15(2)21(14)23)20-10-9-19(22(24)26-20)16(3)13-25-18-7-5-4-6-8-18/h4-9,11-12,20,23-24H,3,10,13H2,1-2H3. The van der Waals surface area contributed by atoms with Crippen molar-refractivity contribution in [2.45, 2.75) is 26.4 Å². The van der Waals surface area contributed by atoms with Gasteiger partial charge in [-0.1, -0.05) is 30.9 Å². The van der Waals surface area contributed by atoms with Gasteiger partial charge in [-0.25, -0.2) is 0 Å². The Hall–Kier alpha value is -2.50. The van der Waals surface area contributed by atoms with Crippen molar-refractivity contribution < 1.29 is 19.5 Å². The first-order valence-electron chi connectivity index (χ1n) is 8.65. The fourth-order valence-corrected chi connectivity index (χ4v) is 3.10. The van der Waals surface area contributed by atoms with Gasteiger partial charge < -0.3 is 19.5 Å². The molecular weight excluding hydrogens is 327 g/mol. The number of rotatable bonds is 5. The van der Waals surface area contributed by atoms with E-state index in [0.717, 1.165) is 22.4 Å². The Balaban J connectivity index is 1.67. The van der Waals surface area contributed by atoms with Gasteiger partial charge in [0.1, 0.15) is 18.1 Å². The van der Waals surface area contributed by atoms with Crippen molar-refractivity contribution in [1.29, 1.82) is 0 Å². The summed E-state index contributed by atoms with van der Waals surface area (Å²) < 4.78 is 11.5. The molecular formula is C21H23BO4. The second-order valence-electron chi connectivity index (χ2n) is 6.58. The maximum absolute atomic E-state index is 10.4. The summed E-state index contributed by atoms with van der Waals surface area (Å²) in [5, 5.41) is 20.3. The van der Waals surface area contributed by atoms with Gasteiger partial charge in [0.25, 0.3) is 0 Å². The topological polar surface area (TPSA) is 58.9 Å². The zero-order chi connectivity index (χ0) is 18.7. The van der Waals surface area contributed by atoms with E-state index < -0.39 is 7.12 Å². The Kier molecular flexibility index (Phi) is 5.50. The fourth-order valence-electron chi connectivity index (χ4n) is 3.10. The van der Waals surface area contributed by atoms with Crippen LogP contribution in [0.2, 0.25) is 0 Å². The predicted octanol–water partition coefficient (Wildman–Crippen LogP) is 4.05. The van der Waals surface area contributed by atoms with Crippen LogP contribution in [0, 0.1) is 13.8 Å². The highest BCUT2D eigenvalue weighted by atomic mass is 16.5. The highest BCUT2D eigenvalue weighted by Gasteiger charge is 2.31. The third-order valence-electron chi connectivity index (χ3n) is 4.56. The smallest absolute Gasteiger partial charge is 0.491 e. The molecule has 1 aliphatic rings. The molecule has 2 N–H and O–H groups in total. The molecule has 0 bridgehead atoms. The zero-order valence-electron chi connectivity index (χ0n) is 15.1. The molecule has 0 radical (unpaired) electrons. The molecule has 0 fully saturated rings. The monoisotopic (exact) mass is 350 g/mol. The van der Waals surface area contributed by atoms with Gasteiger partial charge in [-0.3, -0.25) is 0 Å². The average Bonchev–Trinajstić information content (AvgIpc) is 2.64. The second-order valence-corrected chi connectivity index (χ2v) is 6.58. The molecule has 3 rings (SSSR count). The SMILES string of the molecule is C=C(COc1ccccc1)C1=CCC(c2cc(C)c(O)c(C)c2)OB1O.